The average Bonchev–Trinajstić information content (AvgIpc) is 2.39. The second-order valence-electron chi connectivity index (χ2n) is 3.82. The van der Waals surface area contributed by atoms with Crippen molar-refractivity contribution in [3.63, 3.8) is 0 Å². The Bertz CT molecular complexity index is 535. The van der Waals surface area contributed by atoms with Crippen LogP contribution in [0.4, 0.5) is 5.69 Å². The predicted octanol–water partition coefficient (Wildman–Crippen LogP) is 3.82. The van der Waals surface area contributed by atoms with Crippen LogP contribution in [0, 0.1) is 10.1 Å². The molecular weight excluding hydrogens is 214 g/mol. The third kappa shape index (κ3) is 2.33. The molecule has 3 nitrogen and oxygen atoms in total. The van der Waals surface area contributed by atoms with Gasteiger partial charge in [0.1, 0.15) is 0 Å². The molecule has 86 valence electrons. The summed E-state index contributed by atoms with van der Waals surface area (Å²) in [6, 6.07) is 15.0. The summed E-state index contributed by atoms with van der Waals surface area (Å²) in [6.07, 6.45) is 0.784. The van der Waals surface area contributed by atoms with Crippen LogP contribution in [0.2, 0.25) is 0 Å². The maximum atomic E-state index is 10.7. The zero-order valence-corrected chi connectivity index (χ0v) is 9.59. The van der Waals surface area contributed by atoms with Gasteiger partial charge in [0.15, 0.2) is 0 Å². The van der Waals surface area contributed by atoms with E-state index in [2.05, 4.69) is 0 Å². The minimum atomic E-state index is -0.353. The fourth-order valence-electron chi connectivity index (χ4n) is 1.89. The summed E-state index contributed by atoms with van der Waals surface area (Å²) in [5, 5.41) is 10.7. The normalized spacial score (nSPS) is 10.2. The molecule has 0 bridgehead atoms. The van der Waals surface area contributed by atoms with Crippen molar-refractivity contribution in [2.24, 2.45) is 0 Å². The molecule has 0 fully saturated rings. The van der Waals surface area contributed by atoms with Crippen LogP contribution < -0.4 is 0 Å². The Labute approximate surface area is 99.9 Å². The van der Waals surface area contributed by atoms with Crippen LogP contribution in [0.5, 0.6) is 0 Å². The SMILES string of the molecule is CCc1cc([N+](=O)[O-])ccc1-c1ccccc1. The molecule has 2 aromatic rings. The molecule has 0 aliphatic carbocycles. The van der Waals surface area contributed by atoms with Crippen molar-refractivity contribution in [2.75, 3.05) is 0 Å². The van der Waals surface area contributed by atoms with Gasteiger partial charge in [-0.15, -0.1) is 0 Å². The van der Waals surface area contributed by atoms with Crippen LogP contribution in [0.3, 0.4) is 0 Å². The van der Waals surface area contributed by atoms with E-state index < -0.39 is 0 Å². The molecule has 17 heavy (non-hydrogen) atoms. The number of hydrogen-bond donors (Lipinski definition) is 0. The molecule has 0 spiro atoms. The number of aryl methyl sites for hydroxylation is 1. The molecule has 0 aromatic heterocycles. The van der Waals surface area contributed by atoms with Crippen LogP contribution >= 0.6 is 0 Å². The first kappa shape index (κ1) is 11.3. The van der Waals surface area contributed by atoms with Gasteiger partial charge >= 0.3 is 0 Å². The summed E-state index contributed by atoms with van der Waals surface area (Å²) in [4.78, 5) is 10.4. The van der Waals surface area contributed by atoms with Crippen LogP contribution in [0.15, 0.2) is 48.5 Å². The topological polar surface area (TPSA) is 43.1 Å². The Balaban J connectivity index is 2.52. The highest BCUT2D eigenvalue weighted by molar-refractivity contribution is 5.69. The van der Waals surface area contributed by atoms with Crippen molar-refractivity contribution in [2.45, 2.75) is 13.3 Å². The van der Waals surface area contributed by atoms with E-state index in [0.717, 1.165) is 23.1 Å². The van der Waals surface area contributed by atoms with Gasteiger partial charge in [0, 0.05) is 12.1 Å². The maximum absolute atomic E-state index is 10.7. The molecule has 3 heteroatoms. The van der Waals surface area contributed by atoms with Gasteiger partial charge in [-0.3, -0.25) is 10.1 Å². The monoisotopic (exact) mass is 227 g/mol. The molecular formula is C14H13NO2. The molecule has 2 rings (SSSR count). The zero-order valence-electron chi connectivity index (χ0n) is 9.59. The molecule has 0 aliphatic rings. The zero-order chi connectivity index (χ0) is 12.3. The van der Waals surface area contributed by atoms with Crippen molar-refractivity contribution in [1.29, 1.82) is 0 Å². The van der Waals surface area contributed by atoms with Crippen LogP contribution in [-0.2, 0) is 6.42 Å². The fraction of sp³-hybridized carbons (Fsp3) is 0.143. The Morgan fingerprint density at radius 1 is 1.12 bits per heavy atom. The summed E-state index contributed by atoms with van der Waals surface area (Å²) in [5.74, 6) is 0. The number of hydrogen-bond acceptors (Lipinski definition) is 2. The first-order valence-corrected chi connectivity index (χ1v) is 5.55. The first-order chi connectivity index (χ1) is 8.22. The second-order valence-corrected chi connectivity index (χ2v) is 3.82. The smallest absolute Gasteiger partial charge is 0.258 e. The van der Waals surface area contributed by atoms with E-state index in [1.807, 2.05) is 43.3 Å². The molecule has 0 atom stereocenters. The van der Waals surface area contributed by atoms with E-state index in [-0.39, 0.29) is 10.6 Å². The summed E-state index contributed by atoms with van der Waals surface area (Å²) >= 11 is 0. The van der Waals surface area contributed by atoms with Crippen LogP contribution in [0.25, 0.3) is 11.1 Å². The minimum absolute atomic E-state index is 0.154. The van der Waals surface area contributed by atoms with Gasteiger partial charge < -0.3 is 0 Å². The molecule has 0 saturated heterocycles. The van der Waals surface area contributed by atoms with Gasteiger partial charge in [-0.2, -0.15) is 0 Å². The van der Waals surface area contributed by atoms with Crippen molar-refractivity contribution >= 4 is 5.69 Å². The van der Waals surface area contributed by atoms with Crippen molar-refractivity contribution in [3.8, 4) is 11.1 Å². The summed E-state index contributed by atoms with van der Waals surface area (Å²) in [5.41, 5.74) is 3.32. The molecule has 0 unspecified atom stereocenters. The predicted molar refractivity (Wildman–Crippen MR) is 67.9 cm³/mol. The van der Waals surface area contributed by atoms with E-state index in [9.17, 15) is 10.1 Å². The van der Waals surface area contributed by atoms with E-state index in [1.165, 1.54) is 0 Å². The highest BCUT2D eigenvalue weighted by Gasteiger charge is 2.10. The lowest BCUT2D eigenvalue weighted by atomic mass is 9.97. The van der Waals surface area contributed by atoms with Crippen molar-refractivity contribution in [1.82, 2.24) is 0 Å². The van der Waals surface area contributed by atoms with Crippen LogP contribution in [-0.4, -0.2) is 4.92 Å². The van der Waals surface area contributed by atoms with E-state index in [0.29, 0.717) is 0 Å². The molecule has 0 aliphatic heterocycles. The van der Waals surface area contributed by atoms with Crippen molar-refractivity contribution < 1.29 is 4.92 Å². The maximum Gasteiger partial charge on any atom is 0.269 e. The number of nitro benzene ring substituents is 1. The van der Waals surface area contributed by atoms with Crippen LogP contribution in [0.1, 0.15) is 12.5 Å². The Morgan fingerprint density at radius 3 is 2.41 bits per heavy atom. The van der Waals surface area contributed by atoms with Gasteiger partial charge in [-0.25, -0.2) is 0 Å². The lowest BCUT2D eigenvalue weighted by Crippen LogP contribution is -1.92. The Morgan fingerprint density at radius 2 is 1.82 bits per heavy atom. The number of rotatable bonds is 3. The number of nitro groups is 1. The standard InChI is InChI=1S/C14H13NO2/c1-2-11-10-13(15(16)17)8-9-14(11)12-6-4-3-5-7-12/h3-10H,2H2,1H3. The molecule has 0 heterocycles. The minimum Gasteiger partial charge on any atom is -0.258 e. The van der Waals surface area contributed by atoms with E-state index in [4.69, 9.17) is 0 Å². The van der Waals surface area contributed by atoms with Gasteiger partial charge in [-0.1, -0.05) is 37.3 Å². The number of non-ortho nitro benzene ring substituents is 1. The third-order valence-corrected chi connectivity index (χ3v) is 2.77. The molecule has 0 radical (unpaired) electrons. The van der Waals surface area contributed by atoms with Crippen molar-refractivity contribution in [3.05, 3.63) is 64.2 Å². The summed E-state index contributed by atoms with van der Waals surface area (Å²) in [7, 11) is 0. The van der Waals surface area contributed by atoms with E-state index in [1.54, 1.807) is 12.1 Å². The average molecular weight is 227 g/mol. The third-order valence-electron chi connectivity index (χ3n) is 2.77. The van der Waals surface area contributed by atoms with Gasteiger partial charge in [0.25, 0.3) is 5.69 Å². The van der Waals surface area contributed by atoms with Gasteiger partial charge in [0.2, 0.25) is 0 Å². The largest absolute Gasteiger partial charge is 0.269 e. The highest BCUT2D eigenvalue weighted by atomic mass is 16.6. The lowest BCUT2D eigenvalue weighted by Gasteiger charge is -2.07. The number of nitrogens with zero attached hydrogens (tertiary/aromatic N) is 1. The molecule has 0 amide bonds. The van der Waals surface area contributed by atoms with Gasteiger partial charge in [0.05, 0.1) is 4.92 Å². The Kier molecular flexibility index (Phi) is 3.19. The lowest BCUT2D eigenvalue weighted by molar-refractivity contribution is -0.384. The summed E-state index contributed by atoms with van der Waals surface area (Å²) in [6.45, 7) is 2.01. The number of benzene rings is 2. The van der Waals surface area contributed by atoms with E-state index >= 15 is 0 Å². The first-order valence-electron chi connectivity index (χ1n) is 5.55. The fourth-order valence-corrected chi connectivity index (χ4v) is 1.89. The molecule has 2 aromatic carbocycles. The second kappa shape index (κ2) is 4.78. The molecule has 0 saturated carbocycles. The summed E-state index contributed by atoms with van der Waals surface area (Å²) < 4.78 is 0. The highest BCUT2D eigenvalue weighted by Crippen LogP contribution is 2.27. The Hall–Kier alpha value is -2.16. The van der Waals surface area contributed by atoms with Gasteiger partial charge in [-0.05, 0) is 29.2 Å². The quantitative estimate of drug-likeness (QED) is 0.590. The molecule has 0 N–H and O–H groups in total.